The van der Waals surface area contributed by atoms with Crippen LogP contribution in [0.5, 0.6) is 5.75 Å². The van der Waals surface area contributed by atoms with Gasteiger partial charge in [-0.1, -0.05) is 33.6 Å². The van der Waals surface area contributed by atoms with Gasteiger partial charge in [-0.25, -0.2) is 0 Å². The van der Waals surface area contributed by atoms with E-state index >= 15 is 0 Å². The Morgan fingerprint density at radius 1 is 1.09 bits per heavy atom. The highest BCUT2D eigenvalue weighted by molar-refractivity contribution is 9.10. The molecule has 0 heterocycles. The molecule has 0 aliphatic carbocycles. The molecular formula is C18H20BrNO2. The van der Waals surface area contributed by atoms with Crippen LogP contribution in [-0.4, -0.2) is 12.0 Å². The van der Waals surface area contributed by atoms with Crippen molar-refractivity contribution in [3.63, 3.8) is 0 Å². The van der Waals surface area contributed by atoms with E-state index in [1.54, 1.807) is 6.92 Å². The Hall–Kier alpha value is -1.81. The highest BCUT2D eigenvalue weighted by Crippen LogP contribution is 2.23. The number of benzene rings is 2. The van der Waals surface area contributed by atoms with E-state index in [0.717, 1.165) is 21.3 Å². The number of nitrogens with one attached hydrogen (secondary N) is 1. The average Bonchev–Trinajstić information content (AvgIpc) is 2.45. The van der Waals surface area contributed by atoms with Gasteiger partial charge in [-0.2, -0.15) is 0 Å². The van der Waals surface area contributed by atoms with Crippen LogP contribution >= 0.6 is 15.9 Å². The molecule has 116 valence electrons. The number of anilines is 1. The van der Waals surface area contributed by atoms with Gasteiger partial charge in [-0.3, -0.25) is 4.79 Å². The van der Waals surface area contributed by atoms with E-state index in [9.17, 15) is 4.79 Å². The van der Waals surface area contributed by atoms with Gasteiger partial charge >= 0.3 is 0 Å². The molecule has 1 atom stereocenters. The summed E-state index contributed by atoms with van der Waals surface area (Å²) in [5.41, 5.74) is 4.16. The first kappa shape index (κ1) is 16.6. The van der Waals surface area contributed by atoms with Crippen molar-refractivity contribution < 1.29 is 9.53 Å². The molecule has 3 nitrogen and oxygen atoms in total. The minimum atomic E-state index is -0.568. The Morgan fingerprint density at radius 2 is 1.64 bits per heavy atom. The van der Waals surface area contributed by atoms with Crippen molar-refractivity contribution in [3.8, 4) is 5.75 Å². The lowest BCUT2D eigenvalue weighted by molar-refractivity contribution is -0.122. The van der Waals surface area contributed by atoms with Crippen LogP contribution < -0.4 is 10.1 Å². The van der Waals surface area contributed by atoms with Gasteiger partial charge in [0.15, 0.2) is 6.10 Å². The third kappa shape index (κ3) is 4.10. The zero-order valence-electron chi connectivity index (χ0n) is 13.2. The SMILES string of the molecule is Cc1cc(C)c(NC(=O)C(C)Oc2ccc(Br)cc2)c(C)c1. The molecule has 1 N–H and O–H groups in total. The molecule has 0 aromatic heterocycles. The molecule has 4 heteroatoms. The van der Waals surface area contributed by atoms with Crippen LogP contribution in [0.1, 0.15) is 23.6 Å². The maximum absolute atomic E-state index is 12.3. The quantitative estimate of drug-likeness (QED) is 0.850. The molecule has 0 bridgehead atoms. The molecule has 0 fully saturated rings. The average molecular weight is 362 g/mol. The minimum Gasteiger partial charge on any atom is -0.481 e. The molecule has 1 amide bonds. The molecular weight excluding hydrogens is 342 g/mol. The second-order valence-electron chi connectivity index (χ2n) is 5.48. The third-order valence-electron chi connectivity index (χ3n) is 3.42. The maximum atomic E-state index is 12.3. The topological polar surface area (TPSA) is 38.3 Å². The first-order valence-electron chi connectivity index (χ1n) is 7.18. The second-order valence-corrected chi connectivity index (χ2v) is 6.39. The Bertz CT molecular complexity index is 657. The number of amides is 1. The summed E-state index contributed by atoms with van der Waals surface area (Å²) >= 11 is 3.37. The van der Waals surface area contributed by atoms with Gasteiger partial charge < -0.3 is 10.1 Å². The fraction of sp³-hybridized carbons (Fsp3) is 0.278. The van der Waals surface area contributed by atoms with Crippen LogP contribution in [0.3, 0.4) is 0 Å². The van der Waals surface area contributed by atoms with Crippen molar-refractivity contribution in [3.05, 3.63) is 57.6 Å². The van der Waals surface area contributed by atoms with Crippen molar-refractivity contribution in [1.82, 2.24) is 0 Å². The minimum absolute atomic E-state index is 0.155. The molecule has 2 rings (SSSR count). The van der Waals surface area contributed by atoms with Crippen molar-refractivity contribution >= 4 is 27.5 Å². The smallest absolute Gasteiger partial charge is 0.265 e. The standard InChI is InChI=1S/C18H20BrNO2/c1-11-9-12(2)17(13(3)10-11)20-18(21)14(4)22-16-7-5-15(19)6-8-16/h5-10,14H,1-4H3,(H,20,21). The van der Waals surface area contributed by atoms with Crippen molar-refractivity contribution in [2.24, 2.45) is 0 Å². The number of carbonyl (C=O) groups excluding carboxylic acids is 1. The van der Waals surface area contributed by atoms with Gasteiger partial charge in [0.2, 0.25) is 0 Å². The second kappa shape index (κ2) is 6.97. The molecule has 0 spiro atoms. The number of ether oxygens (including phenoxy) is 1. The Balaban J connectivity index is 2.07. The summed E-state index contributed by atoms with van der Waals surface area (Å²) in [5, 5.41) is 2.96. The van der Waals surface area contributed by atoms with Crippen LogP contribution in [0.4, 0.5) is 5.69 Å². The van der Waals surface area contributed by atoms with E-state index < -0.39 is 6.10 Å². The summed E-state index contributed by atoms with van der Waals surface area (Å²) in [6.45, 7) is 7.78. The predicted octanol–water partition coefficient (Wildman–Crippen LogP) is 4.78. The van der Waals surface area contributed by atoms with E-state index in [1.165, 1.54) is 5.56 Å². The van der Waals surface area contributed by atoms with Crippen LogP contribution in [0.25, 0.3) is 0 Å². The molecule has 0 saturated heterocycles. The summed E-state index contributed by atoms with van der Waals surface area (Å²) in [7, 11) is 0. The largest absolute Gasteiger partial charge is 0.481 e. The number of halogens is 1. The summed E-state index contributed by atoms with van der Waals surface area (Å²) < 4.78 is 6.65. The number of rotatable bonds is 4. The van der Waals surface area contributed by atoms with Crippen LogP contribution in [0, 0.1) is 20.8 Å². The van der Waals surface area contributed by atoms with Gasteiger partial charge in [-0.15, -0.1) is 0 Å². The zero-order valence-corrected chi connectivity index (χ0v) is 14.8. The lowest BCUT2D eigenvalue weighted by atomic mass is 10.0. The predicted molar refractivity (Wildman–Crippen MR) is 93.5 cm³/mol. The van der Waals surface area contributed by atoms with Gasteiger partial charge in [0.1, 0.15) is 5.75 Å². The number of hydrogen-bond acceptors (Lipinski definition) is 2. The molecule has 0 saturated carbocycles. The lowest BCUT2D eigenvalue weighted by Gasteiger charge is -2.17. The summed E-state index contributed by atoms with van der Waals surface area (Å²) in [6.07, 6.45) is -0.568. The number of hydrogen-bond donors (Lipinski definition) is 1. The normalized spacial score (nSPS) is 11.9. The zero-order chi connectivity index (χ0) is 16.3. The number of carbonyl (C=O) groups is 1. The Kier molecular flexibility index (Phi) is 5.24. The van der Waals surface area contributed by atoms with Gasteiger partial charge in [0.25, 0.3) is 5.91 Å². The molecule has 0 aliphatic rings. The maximum Gasteiger partial charge on any atom is 0.265 e. The van der Waals surface area contributed by atoms with Crippen molar-refractivity contribution in [2.45, 2.75) is 33.8 Å². The van der Waals surface area contributed by atoms with Crippen LogP contribution in [0.2, 0.25) is 0 Å². The van der Waals surface area contributed by atoms with Gasteiger partial charge in [0, 0.05) is 10.2 Å². The van der Waals surface area contributed by atoms with Gasteiger partial charge in [0.05, 0.1) is 0 Å². The first-order valence-corrected chi connectivity index (χ1v) is 7.97. The fourth-order valence-corrected chi connectivity index (χ4v) is 2.64. The van der Waals surface area contributed by atoms with E-state index in [-0.39, 0.29) is 5.91 Å². The van der Waals surface area contributed by atoms with Gasteiger partial charge in [-0.05, 0) is 63.1 Å². The number of aryl methyl sites for hydroxylation is 3. The summed E-state index contributed by atoms with van der Waals surface area (Å²) in [5.74, 6) is 0.515. The monoisotopic (exact) mass is 361 g/mol. The molecule has 22 heavy (non-hydrogen) atoms. The summed E-state index contributed by atoms with van der Waals surface area (Å²) in [4.78, 5) is 12.3. The molecule has 2 aromatic rings. The first-order chi connectivity index (χ1) is 10.4. The van der Waals surface area contributed by atoms with E-state index in [4.69, 9.17) is 4.74 Å². The van der Waals surface area contributed by atoms with E-state index in [2.05, 4.69) is 33.4 Å². The fourth-order valence-electron chi connectivity index (χ4n) is 2.37. The molecule has 2 aromatic carbocycles. The Labute approximate surface area is 139 Å². The van der Waals surface area contributed by atoms with Crippen LogP contribution in [-0.2, 0) is 4.79 Å². The lowest BCUT2D eigenvalue weighted by Crippen LogP contribution is -2.30. The Morgan fingerprint density at radius 3 is 2.18 bits per heavy atom. The van der Waals surface area contributed by atoms with Crippen molar-refractivity contribution in [2.75, 3.05) is 5.32 Å². The molecule has 0 aliphatic heterocycles. The van der Waals surface area contributed by atoms with Crippen LogP contribution in [0.15, 0.2) is 40.9 Å². The summed E-state index contributed by atoms with van der Waals surface area (Å²) in [6, 6.07) is 11.5. The third-order valence-corrected chi connectivity index (χ3v) is 3.95. The highest BCUT2D eigenvalue weighted by Gasteiger charge is 2.16. The molecule has 1 unspecified atom stereocenters. The van der Waals surface area contributed by atoms with E-state index in [1.807, 2.05) is 45.0 Å². The molecule has 0 radical (unpaired) electrons. The highest BCUT2D eigenvalue weighted by atomic mass is 79.9. The van der Waals surface area contributed by atoms with E-state index in [0.29, 0.717) is 5.75 Å². The van der Waals surface area contributed by atoms with Crippen molar-refractivity contribution in [1.29, 1.82) is 0 Å².